The number of carbonyl (C=O) groups is 2. The van der Waals surface area contributed by atoms with Gasteiger partial charge in [0, 0.05) is 31.4 Å². The molecule has 1 atom stereocenters. The predicted octanol–water partition coefficient (Wildman–Crippen LogP) is 1.79. The van der Waals surface area contributed by atoms with E-state index in [0.717, 1.165) is 18.7 Å². The summed E-state index contributed by atoms with van der Waals surface area (Å²) in [5.74, 6) is -0.413. The van der Waals surface area contributed by atoms with Crippen molar-refractivity contribution in [2.45, 2.75) is 33.2 Å². The van der Waals surface area contributed by atoms with Crippen molar-refractivity contribution in [2.24, 2.45) is 0 Å². The number of carbonyl (C=O) groups excluding carboxylic acids is 2. The molecule has 0 saturated heterocycles. The fourth-order valence-corrected chi connectivity index (χ4v) is 2.00. The topological polar surface area (TPSA) is 61.4 Å². The number of anilines is 1. The maximum atomic E-state index is 12.1. The van der Waals surface area contributed by atoms with Gasteiger partial charge in [-0.2, -0.15) is 0 Å². The molecule has 0 saturated carbocycles. The van der Waals surface area contributed by atoms with Crippen molar-refractivity contribution in [3.63, 3.8) is 0 Å². The van der Waals surface area contributed by atoms with Gasteiger partial charge < -0.3 is 15.5 Å². The molecule has 0 fully saturated rings. The molecule has 1 rings (SSSR count). The van der Waals surface area contributed by atoms with Gasteiger partial charge in [-0.1, -0.05) is 6.92 Å². The van der Waals surface area contributed by atoms with Crippen molar-refractivity contribution in [3.8, 4) is 0 Å². The molecule has 0 bridgehead atoms. The molecule has 0 unspecified atom stereocenters. The quantitative estimate of drug-likeness (QED) is 0.805. The lowest BCUT2D eigenvalue weighted by atomic mass is 10.1. The van der Waals surface area contributed by atoms with Crippen LogP contribution in [0, 0.1) is 0 Å². The summed E-state index contributed by atoms with van der Waals surface area (Å²) in [5, 5.41) is 5.37. The van der Waals surface area contributed by atoms with E-state index in [1.54, 1.807) is 19.1 Å². The second-order valence-corrected chi connectivity index (χ2v) is 5.06. The van der Waals surface area contributed by atoms with Gasteiger partial charge in [0.2, 0.25) is 5.91 Å². The van der Waals surface area contributed by atoms with Gasteiger partial charge in [-0.15, -0.1) is 0 Å². The molecular weight excluding hydrogens is 266 g/mol. The second kappa shape index (κ2) is 8.29. The average molecular weight is 291 g/mol. The van der Waals surface area contributed by atoms with E-state index in [0.29, 0.717) is 12.1 Å². The van der Waals surface area contributed by atoms with E-state index in [4.69, 9.17) is 0 Å². The molecule has 0 aliphatic rings. The van der Waals surface area contributed by atoms with Gasteiger partial charge in [0.15, 0.2) is 0 Å². The summed E-state index contributed by atoms with van der Waals surface area (Å²) < 4.78 is 0. The van der Waals surface area contributed by atoms with Crippen LogP contribution in [0.25, 0.3) is 0 Å². The lowest BCUT2D eigenvalue weighted by Gasteiger charge is -2.18. The highest BCUT2D eigenvalue weighted by Crippen LogP contribution is 2.14. The van der Waals surface area contributed by atoms with Crippen LogP contribution >= 0.6 is 0 Å². The molecule has 0 aliphatic carbocycles. The van der Waals surface area contributed by atoms with Crippen molar-refractivity contribution >= 4 is 17.5 Å². The van der Waals surface area contributed by atoms with Crippen molar-refractivity contribution in [1.29, 1.82) is 0 Å². The molecule has 0 spiro atoms. The molecule has 1 aromatic rings. The average Bonchev–Trinajstić information content (AvgIpc) is 2.47. The van der Waals surface area contributed by atoms with Crippen molar-refractivity contribution < 1.29 is 9.59 Å². The van der Waals surface area contributed by atoms with E-state index >= 15 is 0 Å². The number of hydrogen-bond acceptors (Lipinski definition) is 3. The molecule has 0 aromatic heterocycles. The molecule has 116 valence electrons. The molecule has 0 aliphatic heterocycles. The monoisotopic (exact) mass is 291 g/mol. The first kappa shape index (κ1) is 17.0. The Kier molecular flexibility index (Phi) is 6.72. The Hall–Kier alpha value is -2.04. The number of nitrogens with zero attached hydrogens (tertiary/aromatic N) is 1. The van der Waals surface area contributed by atoms with E-state index in [1.807, 2.05) is 26.1 Å². The third kappa shape index (κ3) is 5.10. The van der Waals surface area contributed by atoms with Crippen LogP contribution in [0.3, 0.4) is 0 Å². The zero-order chi connectivity index (χ0) is 15.8. The summed E-state index contributed by atoms with van der Waals surface area (Å²) in [4.78, 5) is 25.8. The normalized spacial score (nSPS) is 11.6. The van der Waals surface area contributed by atoms with E-state index in [1.165, 1.54) is 0 Å². The number of hydrogen-bond donors (Lipinski definition) is 2. The Morgan fingerprint density at radius 1 is 1.19 bits per heavy atom. The summed E-state index contributed by atoms with van der Waals surface area (Å²) in [6.07, 6.45) is 1.07. The fourth-order valence-electron chi connectivity index (χ4n) is 2.00. The van der Waals surface area contributed by atoms with Crippen LogP contribution in [-0.4, -0.2) is 38.0 Å². The van der Waals surface area contributed by atoms with Crippen LogP contribution in [0.4, 0.5) is 5.69 Å². The van der Waals surface area contributed by atoms with Crippen LogP contribution < -0.4 is 15.5 Å². The largest absolute Gasteiger partial charge is 0.375 e. The summed E-state index contributed by atoms with van der Waals surface area (Å²) in [6.45, 7) is 7.17. The first-order chi connectivity index (χ1) is 9.99. The van der Waals surface area contributed by atoms with E-state index in [2.05, 4.69) is 22.5 Å². The third-order valence-electron chi connectivity index (χ3n) is 3.22. The minimum atomic E-state index is -0.542. The van der Waals surface area contributed by atoms with Crippen LogP contribution in [-0.2, 0) is 4.79 Å². The highest BCUT2D eigenvalue weighted by Gasteiger charge is 2.15. The summed E-state index contributed by atoms with van der Waals surface area (Å²) in [7, 11) is 2.02. The minimum Gasteiger partial charge on any atom is -0.375 e. The van der Waals surface area contributed by atoms with Gasteiger partial charge in [-0.25, -0.2) is 0 Å². The molecule has 1 aromatic carbocycles. The maximum absolute atomic E-state index is 12.1. The lowest BCUT2D eigenvalue weighted by Crippen LogP contribution is -2.44. The number of benzene rings is 1. The van der Waals surface area contributed by atoms with Gasteiger partial charge in [0.05, 0.1) is 0 Å². The summed E-state index contributed by atoms with van der Waals surface area (Å²) >= 11 is 0. The Bertz CT molecular complexity index is 471. The zero-order valence-electron chi connectivity index (χ0n) is 13.3. The fraction of sp³-hybridized carbons (Fsp3) is 0.500. The van der Waals surface area contributed by atoms with Crippen LogP contribution in [0.15, 0.2) is 24.3 Å². The van der Waals surface area contributed by atoms with Crippen LogP contribution in [0.2, 0.25) is 0 Å². The Labute approximate surface area is 126 Å². The van der Waals surface area contributed by atoms with E-state index < -0.39 is 6.04 Å². The summed E-state index contributed by atoms with van der Waals surface area (Å²) in [5.41, 5.74) is 1.63. The van der Waals surface area contributed by atoms with Crippen molar-refractivity contribution in [3.05, 3.63) is 29.8 Å². The zero-order valence-corrected chi connectivity index (χ0v) is 13.3. The predicted molar refractivity (Wildman–Crippen MR) is 85.6 cm³/mol. The van der Waals surface area contributed by atoms with E-state index in [-0.39, 0.29) is 11.8 Å². The highest BCUT2D eigenvalue weighted by molar-refractivity contribution is 5.97. The Morgan fingerprint density at radius 2 is 1.81 bits per heavy atom. The number of nitrogens with one attached hydrogen (secondary N) is 2. The second-order valence-electron chi connectivity index (χ2n) is 5.06. The third-order valence-corrected chi connectivity index (χ3v) is 3.22. The molecule has 21 heavy (non-hydrogen) atoms. The SMILES string of the molecule is CCCN(C)c1ccc(C(=O)N[C@H](C)C(=O)NCC)cc1. The number of amides is 2. The molecule has 5 nitrogen and oxygen atoms in total. The van der Waals surface area contributed by atoms with Crippen LogP contribution in [0.5, 0.6) is 0 Å². The Morgan fingerprint density at radius 3 is 2.33 bits per heavy atom. The molecule has 5 heteroatoms. The molecule has 0 radical (unpaired) electrons. The minimum absolute atomic E-state index is 0.176. The van der Waals surface area contributed by atoms with Crippen LogP contribution in [0.1, 0.15) is 37.6 Å². The first-order valence-electron chi connectivity index (χ1n) is 7.39. The van der Waals surface area contributed by atoms with Gasteiger partial charge in [-0.3, -0.25) is 9.59 Å². The van der Waals surface area contributed by atoms with Crippen molar-refractivity contribution in [1.82, 2.24) is 10.6 Å². The number of rotatable bonds is 7. The molecule has 2 N–H and O–H groups in total. The maximum Gasteiger partial charge on any atom is 0.251 e. The molecule has 0 heterocycles. The molecule has 2 amide bonds. The first-order valence-corrected chi connectivity index (χ1v) is 7.39. The summed E-state index contributed by atoms with van der Waals surface area (Å²) in [6, 6.07) is 6.85. The lowest BCUT2D eigenvalue weighted by molar-refractivity contribution is -0.122. The smallest absolute Gasteiger partial charge is 0.251 e. The highest BCUT2D eigenvalue weighted by atomic mass is 16.2. The van der Waals surface area contributed by atoms with Gasteiger partial charge >= 0.3 is 0 Å². The van der Waals surface area contributed by atoms with Gasteiger partial charge in [-0.05, 0) is 44.5 Å². The van der Waals surface area contributed by atoms with Gasteiger partial charge in [0.1, 0.15) is 6.04 Å². The van der Waals surface area contributed by atoms with Crippen molar-refractivity contribution in [2.75, 3.05) is 25.0 Å². The van der Waals surface area contributed by atoms with Gasteiger partial charge in [0.25, 0.3) is 5.91 Å². The van der Waals surface area contributed by atoms with E-state index in [9.17, 15) is 9.59 Å². The standard InChI is InChI=1S/C16H25N3O2/c1-5-11-19(4)14-9-7-13(8-10-14)16(21)18-12(3)15(20)17-6-2/h7-10,12H,5-6,11H2,1-4H3,(H,17,20)(H,18,21)/t12-/m1/s1. The number of likely N-dealkylation sites (N-methyl/N-ethyl adjacent to an activating group) is 1. The molecular formula is C16H25N3O2. The Balaban J connectivity index is 2.65.